The van der Waals surface area contributed by atoms with Crippen molar-refractivity contribution in [1.29, 1.82) is 0 Å². The number of aromatic amines is 1. The standard InChI is InChI=1S/C20H21N3O2/c1-13-8-9-18(24)15(11-13)20(25)23-10-4-5-14(12-23)19-21-16-6-2-3-7-17(16)22-19/h2-3,6-9,11,14,24H,4-5,10,12H2,1H3,(H,21,22)/t14-/m1/s1. The predicted octanol–water partition coefficient (Wildman–Crippen LogP) is 3.60. The average molecular weight is 335 g/mol. The van der Waals surface area contributed by atoms with E-state index in [1.807, 2.05) is 36.1 Å². The van der Waals surface area contributed by atoms with Crippen molar-refractivity contribution in [3.05, 3.63) is 59.4 Å². The summed E-state index contributed by atoms with van der Waals surface area (Å²) in [5.74, 6) is 1.06. The Morgan fingerprint density at radius 3 is 2.96 bits per heavy atom. The monoisotopic (exact) mass is 335 g/mol. The number of aryl methyl sites for hydroxylation is 1. The number of nitrogens with one attached hydrogen (secondary N) is 1. The summed E-state index contributed by atoms with van der Waals surface area (Å²) in [6, 6.07) is 13.1. The fourth-order valence-electron chi connectivity index (χ4n) is 3.54. The van der Waals surface area contributed by atoms with Crippen molar-refractivity contribution in [2.45, 2.75) is 25.7 Å². The Bertz CT molecular complexity index is 899. The molecule has 25 heavy (non-hydrogen) atoms. The Morgan fingerprint density at radius 2 is 2.12 bits per heavy atom. The molecule has 4 rings (SSSR count). The van der Waals surface area contributed by atoms with E-state index in [4.69, 9.17) is 4.98 Å². The highest BCUT2D eigenvalue weighted by Gasteiger charge is 2.28. The number of hydrogen-bond acceptors (Lipinski definition) is 3. The number of carbonyl (C=O) groups excluding carboxylic acids is 1. The zero-order valence-corrected chi connectivity index (χ0v) is 14.2. The molecule has 1 amide bonds. The molecule has 1 saturated heterocycles. The lowest BCUT2D eigenvalue weighted by molar-refractivity contribution is 0.0702. The van der Waals surface area contributed by atoms with E-state index < -0.39 is 0 Å². The molecule has 5 nitrogen and oxygen atoms in total. The topological polar surface area (TPSA) is 69.2 Å². The number of nitrogens with zero attached hydrogens (tertiary/aromatic N) is 2. The van der Waals surface area contributed by atoms with Gasteiger partial charge in [0.2, 0.25) is 0 Å². The van der Waals surface area contributed by atoms with Crippen LogP contribution in [-0.2, 0) is 0 Å². The number of para-hydroxylation sites is 2. The number of amides is 1. The quantitative estimate of drug-likeness (QED) is 0.752. The second kappa shape index (κ2) is 6.24. The summed E-state index contributed by atoms with van der Waals surface area (Å²) in [5, 5.41) is 10.0. The number of imidazole rings is 1. The van der Waals surface area contributed by atoms with E-state index in [2.05, 4.69) is 4.98 Å². The van der Waals surface area contributed by atoms with Crippen LogP contribution >= 0.6 is 0 Å². The Balaban J connectivity index is 1.58. The fourth-order valence-corrected chi connectivity index (χ4v) is 3.54. The molecule has 1 aromatic heterocycles. The second-order valence-corrected chi connectivity index (χ2v) is 6.75. The summed E-state index contributed by atoms with van der Waals surface area (Å²) >= 11 is 0. The number of rotatable bonds is 2. The van der Waals surface area contributed by atoms with Gasteiger partial charge in [-0.05, 0) is 44.0 Å². The molecule has 2 heterocycles. The third-order valence-electron chi connectivity index (χ3n) is 4.89. The smallest absolute Gasteiger partial charge is 0.257 e. The average Bonchev–Trinajstić information content (AvgIpc) is 3.07. The number of phenols is 1. The van der Waals surface area contributed by atoms with Crippen molar-refractivity contribution >= 4 is 16.9 Å². The van der Waals surface area contributed by atoms with Gasteiger partial charge in [-0.1, -0.05) is 23.8 Å². The second-order valence-electron chi connectivity index (χ2n) is 6.75. The minimum Gasteiger partial charge on any atom is -0.507 e. The van der Waals surface area contributed by atoms with Crippen LogP contribution in [0.2, 0.25) is 0 Å². The zero-order valence-electron chi connectivity index (χ0n) is 14.2. The molecular formula is C20H21N3O2. The molecule has 0 saturated carbocycles. The van der Waals surface area contributed by atoms with Crippen LogP contribution in [0.1, 0.15) is 40.5 Å². The fraction of sp³-hybridized carbons (Fsp3) is 0.300. The minimum atomic E-state index is -0.109. The molecule has 0 aliphatic carbocycles. The van der Waals surface area contributed by atoms with Crippen molar-refractivity contribution in [2.75, 3.05) is 13.1 Å². The Hall–Kier alpha value is -2.82. The number of hydrogen-bond donors (Lipinski definition) is 2. The first-order chi connectivity index (χ1) is 12.1. The summed E-state index contributed by atoms with van der Waals surface area (Å²) in [6.45, 7) is 3.25. The number of likely N-dealkylation sites (tertiary alicyclic amines) is 1. The van der Waals surface area contributed by atoms with E-state index in [9.17, 15) is 9.90 Å². The predicted molar refractivity (Wildman–Crippen MR) is 96.8 cm³/mol. The number of carbonyl (C=O) groups is 1. The number of phenolic OH excluding ortho intramolecular Hbond substituents is 1. The van der Waals surface area contributed by atoms with Gasteiger partial charge in [0, 0.05) is 19.0 Å². The van der Waals surface area contributed by atoms with E-state index in [0.717, 1.165) is 35.3 Å². The minimum absolute atomic E-state index is 0.0430. The number of fused-ring (bicyclic) bond motifs is 1. The highest BCUT2D eigenvalue weighted by molar-refractivity contribution is 5.97. The molecular weight excluding hydrogens is 314 g/mol. The molecule has 1 fully saturated rings. The first kappa shape index (κ1) is 15.7. The molecule has 0 unspecified atom stereocenters. The van der Waals surface area contributed by atoms with Crippen LogP contribution < -0.4 is 0 Å². The highest BCUT2D eigenvalue weighted by Crippen LogP contribution is 2.29. The zero-order chi connectivity index (χ0) is 17.4. The van der Waals surface area contributed by atoms with Gasteiger partial charge in [0.25, 0.3) is 5.91 Å². The van der Waals surface area contributed by atoms with Crippen LogP contribution in [0.15, 0.2) is 42.5 Å². The molecule has 1 aliphatic heterocycles. The molecule has 128 valence electrons. The maximum Gasteiger partial charge on any atom is 0.257 e. The van der Waals surface area contributed by atoms with Gasteiger partial charge in [0.1, 0.15) is 11.6 Å². The summed E-state index contributed by atoms with van der Waals surface area (Å²) in [4.78, 5) is 22.8. The van der Waals surface area contributed by atoms with Gasteiger partial charge in [-0.3, -0.25) is 4.79 Å². The third-order valence-corrected chi connectivity index (χ3v) is 4.89. The molecule has 0 bridgehead atoms. The van der Waals surface area contributed by atoms with Crippen LogP contribution in [-0.4, -0.2) is 39.0 Å². The maximum absolute atomic E-state index is 12.9. The van der Waals surface area contributed by atoms with Gasteiger partial charge in [-0.2, -0.15) is 0 Å². The summed E-state index contributed by atoms with van der Waals surface area (Å²) in [5.41, 5.74) is 3.33. The van der Waals surface area contributed by atoms with Crippen LogP contribution in [0, 0.1) is 6.92 Å². The normalized spacial score (nSPS) is 17.8. The van der Waals surface area contributed by atoms with Crippen LogP contribution in [0.4, 0.5) is 0 Å². The van der Waals surface area contributed by atoms with Crippen molar-refractivity contribution in [3.8, 4) is 5.75 Å². The van der Waals surface area contributed by atoms with Gasteiger partial charge >= 0.3 is 0 Å². The van der Waals surface area contributed by atoms with Crippen molar-refractivity contribution in [2.24, 2.45) is 0 Å². The lowest BCUT2D eigenvalue weighted by Crippen LogP contribution is -2.39. The molecule has 2 N–H and O–H groups in total. The van der Waals surface area contributed by atoms with E-state index in [1.165, 1.54) is 0 Å². The van der Waals surface area contributed by atoms with Crippen LogP contribution in [0.25, 0.3) is 11.0 Å². The van der Waals surface area contributed by atoms with Crippen molar-refractivity contribution < 1.29 is 9.90 Å². The first-order valence-corrected chi connectivity index (χ1v) is 8.65. The number of H-pyrrole nitrogens is 1. The summed E-state index contributed by atoms with van der Waals surface area (Å²) < 4.78 is 0. The van der Waals surface area contributed by atoms with E-state index in [1.54, 1.807) is 18.2 Å². The van der Waals surface area contributed by atoms with Gasteiger partial charge in [-0.25, -0.2) is 4.98 Å². The Labute approximate surface area is 146 Å². The number of aromatic hydroxyl groups is 1. The van der Waals surface area contributed by atoms with Gasteiger partial charge in [-0.15, -0.1) is 0 Å². The molecule has 1 atom stereocenters. The van der Waals surface area contributed by atoms with Gasteiger partial charge < -0.3 is 15.0 Å². The van der Waals surface area contributed by atoms with Gasteiger partial charge in [0.05, 0.1) is 16.6 Å². The lowest BCUT2D eigenvalue weighted by Gasteiger charge is -2.32. The summed E-state index contributed by atoms with van der Waals surface area (Å²) in [7, 11) is 0. The molecule has 2 aromatic carbocycles. The number of aromatic nitrogens is 2. The van der Waals surface area contributed by atoms with E-state index >= 15 is 0 Å². The van der Waals surface area contributed by atoms with Gasteiger partial charge in [0.15, 0.2) is 0 Å². The van der Waals surface area contributed by atoms with Crippen LogP contribution in [0.5, 0.6) is 5.75 Å². The van der Waals surface area contributed by atoms with E-state index in [0.29, 0.717) is 18.7 Å². The number of benzene rings is 2. The highest BCUT2D eigenvalue weighted by atomic mass is 16.3. The number of piperidine rings is 1. The maximum atomic E-state index is 12.9. The Kier molecular flexibility index (Phi) is 3.92. The molecule has 3 aromatic rings. The lowest BCUT2D eigenvalue weighted by atomic mass is 9.96. The first-order valence-electron chi connectivity index (χ1n) is 8.65. The van der Waals surface area contributed by atoms with E-state index in [-0.39, 0.29) is 17.6 Å². The third kappa shape index (κ3) is 2.97. The SMILES string of the molecule is Cc1ccc(O)c(C(=O)N2CCC[C@@H](c3nc4ccccc4[nH]3)C2)c1. The van der Waals surface area contributed by atoms with Crippen LogP contribution in [0.3, 0.4) is 0 Å². The molecule has 0 spiro atoms. The molecule has 5 heteroatoms. The molecule has 1 aliphatic rings. The largest absolute Gasteiger partial charge is 0.507 e. The Morgan fingerprint density at radius 1 is 1.28 bits per heavy atom. The van der Waals surface area contributed by atoms with Crippen molar-refractivity contribution in [3.63, 3.8) is 0 Å². The molecule has 0 radical (unpaired) electrons. The van der Waals surface area contributed by atoms with Crippen molar-refractivity contribution in [1.82, 2.24) is 14.9 Å². The summed E-state index contributed by atoms with van der Waals surface area (Å²) in [6.07, 6.45) is 1.93.